The number of anilines is 1. The summed E-state index contributed by atoms with van der Waals surface area (Å²) in [5, 5.41) is 9.91. The van der Waals surface area contributed by atoms with Crippen molar-refractivity contribution in [3.05, 3.63) is 48.2 Å². The van der Waals surface area contributed by atoms with Gasteiger partial charge >= 0.3 is 0 Å². The van der Waals surface area contributed by atoms with Gasteiger partial charge in [0.05, 0.1) is 5.69 Å². The van der Waals surface area contributed by atoms with E-state index in [2.05, 4.69) is 15.0 Å². The molecule has 5 nitrogen and oxygen atoms in total. The van der Waals surface area contributed by atoms with E-state index < -0.39 is 6.10 Å². The Balaban J connectivity index is 2.11. The first-order valence-electron chi connectivity index (χ1n) is 4.90. The normalized spacial score (nSPS) is 12.3. The molecule has 1 atom stereocenters. The van der Waals surface area contributed by atoms with E-state index in [1.165, 1.54) is 6.33 Å². The fraction of sp³-hybridized carbons (Fsp3) is 0.182. The number of hydrogen-bond donors (Lipinski definition) is 2. The van der Waals surface area contributed by atoms with Gasteiger partial charge in [0.1, 0.15) is 18.2 Å². The molecule has 0 saturated heterocycles. The molecule has 0 aliphatic heterocycles. The van der Waals surface area contributed by atoms with Gasteiger partial charge in [0.25, 0.3) is 0 Å². The second-order valence-corrected chi connectivity index (χ2v) is 3.44. The predicted octanol–water partition coefficient (Wildman–Crippen LogP) is 0.730. The van der Waals surface area contributed by atoms with E-state index in [0.29, 0.717) is 17.9 Å². The van der Waals surface area contributed by atoms with Crippen LogP contribution in [0, 0.1) is 0 Å². The lowest BCUT2D eigenvalue weighted by atomic mass is 10.1. The maximum Gasteiger partial charge on any atom is 0.123 e. The highest BCUT2D eigenvalue weighted by Crippen LogP contribution is 2.16. The number of aliphatic hydroxyl groups is 1. The van der Waals surface area contributed by atoms with Crippen molar-refractivity contribution in [2.45, 2.75) is 12.5 Å². The first kappa shape index (κ1) is 10.5. The first-order valence-corrected chi connectivity index (χ1v) is 4.90. The fourth-order valence-electron chi connectivity index (χ4n) is 1.45. The summed E-state index contributed by atoms with van der Waals surface area (Å²) >= 11 is 0. The molecular weight excluding hydrogens is 204 g/mol. The van der Waals surface area contributed by atoms with Crippen LogP contribution in [-0.2, 0) is 6.42 Å². The van der Waals surface area contributed by atoms with E-state index in [4.69, 9.17) is 5.73 Å². The van der Waals surface area contributed by atoms with Crippen molar-refractivity contribution in [3.8, 4) is 0 Å². The van der Waals surface area contributed by atoms with Gasteiger partial charge in [-0.2, -0.15) is 0 Å². The second kappa shape index (κ2) is 4.67. The Labute approximate surface area is 93.0 Å². The molecule has 0 spiro atoms. The summed E-state index contributed by atoms with van der Waals surface area (Å²) in [6.45, 7) is 0. The number of rotatable bonds is 3. The summed E-state index contributed by atoms with van der Waals surface area (Å²) in [6.07, 6.45) is 4.46. The topological polar surface area (TPSA) is 84.9 Å². The van der Waals surface area contributed by atoms with Gasteiger partial charge in [0.2, 0.25) is 0 Å². The van der Waals surface area contributed by atoms with E-state index >= 15 is 0 Å². The summed E-state index contributed by atoms with van der Waals surface area (Å²) in [6, 6.07) is 5.25. The summed E-state index contributed by atoms with van der Waals surface area (Å²) in [5.74, 6) is 0.451. The molecule has 0 saturated carbocycles. The van der Waals surface area contributed by atoms with Crippen molar-refractivity contribution in [2.24, 2.45) is 0 Å². The molecule has 1 unspecified atom stereocenters. The van der Waals surface area contributed by atoms with Gasteiger partial charge in [-0.1, -0.05) is 0 Å². The van der Waals surface area contributed by atoms with Crippen molar-refractivity contribution in [1.82, 2.24) is 15.0 Å². The number of hydrogen-bond acceptors (Lipinski definition) is 5. The fourth-order valence-corrected chi connectivity index (χ4v) is 1.45. The van der Waals surface area contributed by atoms with Crippen LogP contribution in [0.5, 0.6) is 0 Å². The van der Waals surface area contributed by atoms with Crippen molar-refractivity contribution in [3.63, 3.8) is 0 Å². The van der Waals surface area contributed by atoms with Gasteiger partial charge in [-0.3, -0.25) is 0 Å². The number of nitrogens with zero attached hydrogens (tertiary/aromatic N) is 3. The molecule has 0 aromatic carbocycles. The molecule has 0 aliphatic carbocycles. The molecule has 2 rings (SSSR count). The van der Waals surface area contributed by atoms with E-state index in [1.54, 1.807) is 24.5 Å². The van der Waals surface area contributed by atoms with E-state index in [9.17, 15) is 5.11 Å². The highest BCUT2D eigenvalue weighted by atomic mass is 16.3. The van der Waals surface area contributed by atoms with Gasteiger partial charge < -0.3 is 10.8 Å². The molecule has 0 bridgehead atoms. The number of pyridine rings is 1. The van der Waals surface area contributed by atoms with Crippen LogP contribution in [0.2, 0.25) is 0 Å². The number of nitrogen functional groups attached to an aromatic ring is 1. The third kappa shape index (κ3) is 2.52. The molecule has 0 fully saturated rings. The Bertz CT molecular complexity index is 461. The molecule has 3 N–H and O–H groups in total. The molecule has 2 heterocycles. The Kier molecular flexibility index (Phi) is 3.07. The summed E-state index contributed by atoms with van der Waals surface area (Å²) in [7, 11) is 0. The van der Waals surface area contributed by atoms with E-state index in [-0.39, 0.29) is 0 Å². The summed E-state index contributed by atoms with van der Waals surface area (Å²) in [5.41, 5.74) is 7.09. The van der Waals surface area contributed by atoms with Crippen molar-refractivity contribution < 1.29 is 5.11 Å². The maximum absolute atomic E-state index is 9.91. The van der Waals surface area contributed by atoms with Crippen molar-refractivity contribution >= 4 is 5.82 Å². The zero-order chi connectivity index (χ0) is 11.4. The monoisotopic (exact) mass is 216 g/mol. The average molecular weight is 216 g/mol. The lowest BCUT2D eigenvalue weighted by Gasteiger charge is -2.09. The molecule has 0 aliphatic rings. The minimum Gasteiger partial charge on any atom is -0.386 e. The van der Waals surface area contributed by atoms with E-state index in [1.807, 2.05) is 6.07 Å². The second-order valence-electron chi connectivity index (χ2n) is 3.44. The van der Waals surface area contributed by atoms with Gasteiger partial charge in [-0.25, -0.2) is 15.0 Å². The lowest BCUT2D eigenvalue weighted by molar-refractivity contribution is 0.173. The number of aliphatic hydroxyl groups excluding tert-OH is 1. The standard InChI is InChI=1S/C11H12N4O/c12-11-6-8(1-4-14-11)5-10(16)9-2-3-13-7-15-9/h1-4,6-7,10,16H,5H2,(H2,12,14). The van der Waals surface area contributed by atoms with Gasteiger partial charge in [-0.15, -0.1) is 0 Å². The molecule has 5 heteroatoms. The van der Waals surface area contributed by atoms with Crippen LogP contribution in [0.3, 0.4) is 0 Å². The SMILES string of the molecule is Nc1cc(CC(O)c2ccncn2)ccn1. The zero-order valence-electron chi connectivity index (χ0n) is 8.61. The highest BCUT2D eigenvalue weighted by molar-refractivity contribution is 5.32. The van der Waals surface area contributed by atoms with Crippen LogP contribution in [0.4, 0.5) is 5.82 Å². The molecule has 0 radical (unpaired) electrons. The molecule has 2 aromatic rings. The number of aromatic nitrogens is 3. The largest absolute Gasteiger partial charge is 0.386 e. The summed E-state index contributed by atoms with van der Waals surface area (Å²) < 4.78 is 0. The average Bonchev–Trinajstić information content (AvgIpc) is 2.30. The van der Waals surface area contributed by atoms with Crippen LogP contribution in [0.1, 0.15) is 17.4 Å². The lowest BCUT2D eigenvalue weighted by Crippen LogP contribution is -2.04. The Hall–Kier alpha value is -2.01. The Morgan fingerprint density at radius 1 is 1.25 bits per heavy atom. The third-order valence-corrected chi connectivity index (χ3v) is 2.22. The zero-order valence-corrected chi connectivity index (χ0v) is 8.61. The van der Waals surface area contributed by atoms with Crippen LogP contribution in [0.15, 0.2) is 36.9 Å². The minimum absolute atomic E-state index is 0.451. The predicted molar refractivity (Wildman–Crippen MR) is 59.3 cm³/mol. The van der Waals surface area contributed by atoms with Gasteiger partial charge in [-0.05, 0) is 23.8 Å². The van der Waals surface area contributed by atoms with Crippen LogP contribution in [0.25, 0.3) is 0 Å². The quantitative estimate of drug-likeness (QED) is 0.790. The highest BCUT2D eigenvalue weighted by Gasteiger charge is 2.09. The molecule has 0 amide bonds. The van der Waals surface area contributed by atoms with Gasteiger partial charge in [0.15, 0.2) is 0 Å². The first-order chi connectivity index (χ1) is 7.75. The minimum atomic E-state index is -0.648. The van der Waals surface area contributed by atoms with Crippen LogP contribution in [-0.4, -0.2) is 20.1 Å². The van der Waals surface area contributed by atoms with Gasteiger partial charge in [0, 0.05) is 18.8 Å². The van der Waals surface area contributed by atoms with Crippen molar-refractivity contribution in [1.29, 1.82) is 0 Å². The van der Waals surface area contributed by atoms with Crippen LogP contribution < -0.4 is 5.73 Å². The summed E-state index contributed by atoms with van der Waals surface area (Å²) in [4.78, 5) is 11.7. The Morgan fingerprint density at radius 2 is 2.12 bits per heavy atom. The molecule has 2 aromatic heterocycles. The Morgan fingerprint density at radius 3 is 2.81 bits per heavy atom. The smallest absolute Gasteiger partial charge is 0.123 e. The van der Waals surface area contributed by atoms with Crippen LogP contribution >= 0.6 is 0 Å². The maximum atomic E-state index is 9.91. The molecular formula is C11H12N4O. The molecule has 82 valence electrons. The van der Waals surface area contributed by atoms with Crippen molar-refractivity contribution in [2.75, 3.05) is 5.73 Å². The van der Waals surface area contributed by atoms with E-state index in [0.717, 1.165) is 5.56 Å². The third-order valence-electron chi connectivity index (χ3n) is 2.22. The molecule has 16 heavy (non-hydrogen) atoms. The number of nitrogens with two attached hydrogens (primary N) is 1.